The molecule has 0 fully saturated rings. The maximum Gasteiger partial charge on any atom is 0.0786 e. The predicted molar refractivity (Wildman–Crippen MR) is 85.1 cm³/mol. The maximum atomic E-state index is 2.33. The Kier molecular flexibility index (Phi) is 23.9. The number of hydrogen-bond donors (Lipinski definition) is 0. The van der Waals surface area contributed by atoms with E-state index in [1.54, 1.807) is 0 Å². The zero-order valence-electron chi connectivity index (χ0n) is 14.3. The van der Waals surface area contributed by atoms with E-state index >= 15 is 0 Å². The molecule has 0 aromatic carbocycles. The summed E-state index contributed by atoms with van der Waals surface area (Å²) >= 11 is 0. The van der Waals surface area contributed by atoms with Crippen molar-refractivity contribution in [3.8, 4) is 0 Å². The number of rotatable bonds is 12. The van der Waals surface area contributed by atoms with Crippen LogP contribution in [0.15, 0.2) is 0 Å². The van der Waals surface area contributed by atoms with Gasteiger partial charge in [0.05, 0.1) is 26.2 Å². The van der Waals surface area contributed by atoms with Gasteiger partial charge < -0.3 is 28.5 Å². The summed E-state index contributed by atoms with van der Waals surface area (Å²) in [6, 6.07) is 0. The first-order chi connectivity index (χ1) is 8.24. The van der Waals surface area contributed by atoms with Crippen molar-refractivity contribution in [3.63, 3.8) is 0 Å². The number of nitrogens with zero attached hydrogens (tertiary/aromatic N) is 1. The average molecular weight is 392 g/mol. The Morgan fingerprint density at radius 3 is 0.895 bits per heavy atom. The first-order valence-corrected chi connectivity index (χ1v) is 8.09. The van der Waals surface area contributed by atoms with Crippen LogP contribution in [0.2, 0.25) is 0 Å². The fraction of sp³-hybridized carbons (Fsp3) is 1.00. The Labute approximate surface area is 162 Å². The van der Waals surface area contributed by atoms with E-state index in [1.165, 1.54) is 82.0 Å². The van der Waals surface area contributed by atoms with Crippen LogP contribution in [-0.4, -0.2) is 60.2 Å². The van der Waals surface area contributed by atoms with Crippen molar-refractivity contribution in [2.75, 3.05) is 26.2 Å². The van der Waals surface area contributed by atoms with Crippen molar-refractivity contribution in [1.29, 1.82) is 0 Å². The summed E-state index contributed by atoms with van der Waals surface area (Å²) in [4.78, 5) is 0. The van der Waals surface area contributed by atoms with E-state index in [4.69, 9.17) is 0 Å². The van der Waals surface area contributed by atoms with Gasteiger partial charge in [0, 0.05) is 29.6 Å². The monoisotopic (exact) mass is 392 g/mol. The molecule has 1 radical (unpaired) electrons. The molecule has 0 rings (SSSR count). The third-order valence-corrected chi connectivity index (χ3v) is 3.94. The predicted octanol–water partition coefficient (Wildman–Crippen LogP) is 1.63. The normalized spacial score (nSPS) is 10.7. The van der Waals surface area contributed by atoms with Gasteiger partial charge in [0.25, 0.3) is 0 Å². The number of unbranched alkanes of at least 4 members (excludes halogenated alkanes) is 4. The van der Waals surface area contributed by atoms with Gasteiger partial charge in [-0.15, -0.1) is 0 Å². The van der Waals surface area contributed by atoms with Crippen LogP contribution in [-0.2, 0) is 0 Å². The van der Waals surface area contributed by atoms with Gasteiger partial charge in [-0.05, 0) is 25.7 Å². The van der Waals surface area contributed by atoms with Gasteiger partial charge in [-0.25, -0.2) is 0 Å². The van der Waals surface area contributed by atoms with Crippen molar-refractivity contribution in [2.45, 2.75) is 79.1 Å². The maximum absolute atomic E-state index is 2.33. The summed E-state index contributed by atoms with van der Waals surface area (Å²) in [5.74, 6) is 0. The van der Waals surface area contributed by atoms with Crippen LogP contribution in [0.25, 0.3) is 0 Å². The van der Waals surface area contributed by atoms with Crippen LogP contribution in [0, 0.1) is 0 Å². The van der Waals surface area contributed by atoms with E-state index in [-0.39, 0.29) is 53.5 Å². The molecule has 0 aliphatic carbocycles. The minimum atomic E-state index is 0. The number of quaternary nitrogens is 1. The first kappa shape index (κ1) is 25.6. The van der Waals surface area contributed by atoms with E-state index in [2.05, 4.69) is 27.7 Å². The molecule has 19 heavy (non-hydrogen) atoms. The van der Waals surface area contributed by atoms with Crippen molar-refractivity contribution in [3.05, 3.63) is 0 Å². The largest absolute Gasteiger partial charge is 1.00 e. The minimum Gasteiger partial charge on any atom is -1.00 e. The van der Waals surface area contributed by atoms with Crippen molar-refractivity contribution >= 4 is 29.6 Å². The van der Waals surface area contributed by atoms with E-state index in [0.29, 0.717) is 0 Å². The van der Waals surface area contributed by atoms with Gasteiger partial charge in [-0.1, -0.05) is 53.4 Å². The molecule has 0 heterocycles. The summed E-state index contributed by atoms with van der Waals surface area (Å²) in [6.45, 7) is 15.0. The quantitative estimate of drug-likeness (QED) is 0.269. The third-order valence-electron chi connectivity index (χ3n) is 3.94. The number of halogens is 1. The molecule has 0 bridgehead atoms. The van der Waals surface area contributed by atoms with E-state index < -0.39 is 0 Å². The van der Waals surface area contributed by atoms with Crippen LogP contribution >= 0.6 is 0 Å². The van der Waals surface area contributed by atoms with E-state index in [9.17, 15) is 0 Å². The number of hydrogen-bond acceptors (Lipinski definition) is 0. The second-order valence-corrected chi connectivity index (χ2v) is 5.65. The molecule has 0 aromatic heterocycles. The summed E-state index contributed by atoms with van der Waals surface area (Å²) in [5.41, 5.74) is 0. The molecule has 0 N–H and O–H groups in total. The molecule has 0 spiro atoms. The zero-order chi connectivity index (χ0) is 13.0. The Balaban J connectivity index is -0.00000128. The fourth-order valence-corrected chi connectivity index (χ4v) is 2.64. The first-order valence-electron chi connectivity index (χ1n) is 8.09. The average Bonchev–Trinajstić information content (AvgIpc) is 2.37. The molecule has 1 nitrogen and oxygen atoms in total. The van der Waals surface area contributed by atoms with Crippen LogP contribution in [0.3, 0.4) is 0 Å². The smallest absolute Gasteiger partial charge is 0.0786 e. The van der Waals surface area contributed by atoms with Gasteiger partial charge >= 0.3 is 0 Å². The third kappa shape index (κ3) is 13.1. The molecule has 0 atom stereocenters. The van der Waals surface area contributed by atoms with Gasteiger partial charge in [-0.3, -0.25) is 0 Å². The summed E-state index contributed by atoms with van der Waals surface area (Å²) in [5, 5.41) is 0. The molecule has 0 saturated carbocycles. The molecular weight excluding hydrogens is 356 g/mol. The van der Waals surface area contributed by atoms with E-state index in [1.807, 2.05) is 0 Å². The molecule has 0 amide bonds. The van der Waals surface area contributed by atoms with Gasteiger partial charge in [0.15, 0.2) is 0 Å². The Morgan fingerprint density at radius 1 is 0.526 bits per heavy atom. The summed E-state index contributed by atoms with van der Waals surface area (Å²) in [6.07, 6.45) is 11.1. The standard InChI is InChI=1S/C16H36N.HI.Na/c1-5-9-13-17(14-10-6-2,15-11-7-3)16-12-8-4;;/h5-16H2,1-4H3;1H;/q+1;;/p-1. The fourth-order valence-electron chi connectivity index (χ4n) is 2.64. The van der Waals surface area contributed by atoms with Crippen molar-refractivity contribution < 1.29 is 28.5 Å². The molecule has 0 aliphatic heterocycles. The molecule has 113 valence electrons. The van der Waals surface area contributed by atoms with Crippen LogP contribution < -0.4 is 24.0 Å². The second kappa shape index (κ2) is 17.7. The summed E-state index contributed by atoms with van der Waals surface area (Å²) in [7, 11) is 0. The molecule has 3 heteroatoms. The Morgan fingerprint density at radius 2 is 0.737 bits per heavy atom. The Hall–Kier alpha value is 1.69. The zero-order valence-corrected chi connectivity index (χ0v) is 18.5. The topological polar surface area (TPSA) is 0 Å². The van der Waals surface area contributed by atoms with Crippen molar-refractivity contribution in [1.82, 2.24) is 0 Å². The van der Waals surface area contributed by atoms with Crippen molar-refractivity contribution in [2.24, 2.45) is 0 Å². The molecule has 0 saturated heterocycles. The molecular formula is C16H36INNa. The van der Waals surface area contributed by atoms with Gasteiger partial charge in [0.1, 0.15) is 0 Å². The summed E-state index contributed by atoms with van der Waals surface area (Å²) < 4.78 is 1.42. The van der Waals surface area contributed by atoms with Crippen LogP contribution in [0.4, 0.5) is 0 Å². The Bertz CT molecular complexity index is 127. The second-order valence-electron chi connectivity index (χ2n) is 5.65. The van der Waals surface area contributed by atoms with Crippen LogP contribution in [0.5, 0.6) is 0 Å². The van der Waals surface area contributed by atoms with Crippen LogP contribution in [0.1, 0.15) is 79.1 Å². The van der Waals surface area contributed by atoms with E-state index in [0.717, 1.165) is 0 Å². The minimum absolute atomic E-state index is 0. The SMILES string of the molecule is CCCC[N+](CCCC)(CCCC)CCCC.[I-].[Na]. The molecule has 0 aliphatic rings. The van der Waals surface area contributed by atoms with Gasteiger partial charge in [-0.2, -0.15) is 0 Å². The molecule has 0 unspecified atom stereocenters. The molecule has 0 aromatic rings. The van der Waals surface area contributed by atoms with Gasteiger partial charge in [0.2, 0.25) is 0 Å².